The Morgan fingerprint density at radius 2 is 2.04 bits per heavy atom. The van der Waals surface area contributed by atoms with E-state index >= 15 is 0 Å². The number of para-hydroxylation sites is 1. The Morgan fingerprint density at radius 3 is 2.74 bits per heavy atom. The van der Waals surface area contributed by atoms with E-state index in [1.54, 1.807) is 18.4 Å². The summed E-state index contributed by atoms with van der Waals surface area (Å²) in [6, 6.07) is 9.64. The van der Waals surface area contributed by atoms with Crippen LogP contribution in [-0.4, -0.2) is 15.5 Å². The second kappa shape index (κ2) is 7.72. The Balaban J connectivity index is 2.01. The van der Waals surface area contributed by atoms with E-state index < -0.39 is 0 Å². The molecule has 0 spiro atoms. The van der Waals surface area contributed by atoms with E-state index in [0.717, 1.165) is 11.3 Å². The van der Waals surface area contributed by atoms with Crippen LogP contribution < -0.4 is 10.9 Å². The number of amides is 1. The average molecular weight is 380 g/mol. The minimum absolute atomic E-state index is 0.154. The topological polar surface area (TPSA) is 87.8 Å². The minimum Gasteiger partial charge on any atom is -0.321 e. The molecule has 6 nitrogen and oxygen atoms in total. The number of aryl methyl sites for hydroxylation is 3. The average Bonchev–Trinajstić information content (AvgIpc) is 2.96. The van der Waals surface area contributed by atoms with Gasteiger partial charge < -0.3 is 5.32 Å². The normalized spacial score (nSPS) is 10.7. The number of hydrogen-bond acceptors (Lipinski definition) is 5. The van der Waals surface area contributed by atoms with Crippen LogP contribution in [0.5, 0.6) is 0 Å². The maximum Gasteiger partial charge on any atom is 0.266 e. The summed E-state index contributed by atoms with van der Waals surface area (Å²) in [7, 11) is 0. The number of anilines is 1. The number of nitrogens with one attached hydrogen (secondary N) is 1. The molecule has 7 heteroatoms. The molecule has 0 fully saturated rings. The molecular formula is C20H20N4O2S. The molecule has 1 amide bonds. The van der Waals surface area contributed by atoms with Crippen LogP contribution in [0.2, 0.25) is 0 Å². The fourth-order valence-corrected chi connectivity index (χ4v) is 4.12. The van der Waals surface area contributed by atoms with Crippen LogP contribution in [0.25, 0.3) is 10.2 Å². The lowest BCUT2D eigenvalue weighted by Gasteiger charge is -2.08. The largest absolute Gasteiger partial charge is 0.321 e. The van der Waals surface area contributed by atoms with Gasteiger partial charge in [0.15, 0.2) is 0 Å². The first-order valence-corrected chi connectivity index (χ1v) is 9.50. The van der Waals surface area contributed by atoms with Gasteiger partial charge in [0, 0.05) is 18.7 Å². The zero-order chi connectivity index (χ0) is 19.6. The second-order valence-corrected chi connectivity index (χ2v) is 7.38. The zero-order valence-electron chi connectivity index (χ0n) is 15.5. The fraction of sp³-hybridized carbons (Fsp3) is 0.300. The first-order chi connectivity index (χ1) is 12.9. The summed E-state index contributed by atoms with van der Waals surface area (Å²) in [4.78, 5) is 31.3. The summed E-state index contributed by atoms with van der Waals surface area (Å²) in [5, 5.41) is 12.1. The summed E-state index contributed by atoms with van der Waals surface area (Å²) in [5.41, 5.74) is 2.21. The third-order valence-electron chi connectivity index (χ3n) is 4.51. The van der Waals surface area contributed by atoms with Crippen molar-refractivity contribution >= 4 is 33.1 Å². The van der Waals surface area contributed by atoms with E-state index in [-0.39, 0.29) is 11.5 Å². The van der Waals surface area contributed by atoms with Crippen molar-refractivity contribution in [2.24, 2.45) is 0 Å². The van der Waals surface area contributed by atoms with Crippen LogP contribution in [0.15, 0.2) is 29.1 Å². The number of unbranched alkanes of at least 4 members (excludes halogenated alkanes) is 1. The Bertz CT molecular complexity index is 1120. The third kappa shape index (κ3) is 3.62. The predicted octanol–water partition coefficient (Wildman–Crippen LogP) is 3.94. The number of fused-ring (bicyclic) bond motifs is 1. The molecule has 1 N–H and O–H groups in total. The summed E-state index contributed by atoms with van der Waals surface area (Å²) in [5.74, 6) is 0.357. The lowest BCUT2D eigenvalue weighted by Crippen LogP contribution is -2.24. The van der Waals surface area contributed by atoms with Crippen LogP contribution in [0.3, 0.4) is 0 Å². The highest BCUT2D eigenvalue weighted by Crippen LogP contribution is 2.28. The molecule has 0 atom stereocenters. The summed E-state index contributed by atoms with van der Waals surface area (Å²) >= 11 is 1.23. The van der Waals surface area contributed by atoms with Crippen molar-refractivity contribution in [3.8, 4) is 6.07 Å². The number of hydrogen-bond donors (Lipinski definition) is 1. The van der Waals surface area contributed by atoms with Gasteiger partial charge in [-0.1, -0.05) is 18.2 Å². The van der Waals surface area contributed by atoms with Crippen LogP contribution in [0.1, 0.15) is 39.5 Å². The first-order valence-electron chi connectivity index (χ1n) is 8.68. The quantitative estimate of drug-likeness (QED) is 0.679. The predicted molar refractivity (Wildman–Crippen MR) is 107 cm³/mol. The van der Waals surface area contributed by atoms with Crippen LogP contribution in [-0.2, 0) is 6.54 Å². The summed E-state index contributed by atoms with van der Waals surface area (Å²) < 4.78 is 1.59. The zero-order valence-corrected chi connectivity index (χ0v) is 16.3. The Kier molecular flexibility index (Phi) is 5.38. The van der Waals surface area contributed by atoms with Gasteiger partial charge in [0.2, 0.25) is 0 Å². The molecule has 0 saturated carbocycles. The number of thiophene rings is 1. The van der Waals surface area contributed by atoms with Crippen molar-refractivity contribution in [1.29, 1.82) is 5.26 Å². The first kappa shape index (κ1) is 18.8. The van der Waals surface area contributed by atoms with Gasteiger partial charge in [-0.2, -0.15) is 5.26 Å². The number of carbonyl (C=O) groups excluding carboxylic acids is 1. The number of aromatic nitrogens is 2. The van der Waals surface area contributed by atoms with Crippen molar-refractivity contribution in [1.82, 2.24) is 9.55 Å². The molecule has 0 unspecified atom stereocenters. The molecular weight excluding hydrogens is 360 g/mol. The smallest absolute Gasteiger partial charge is 0.266 e. The summed E-state index contributed by atoms with van der Waals surface area (Å²) in [6.07, 6.45) is 0.977. The number of carbonyl (C=O) groups is 1. The van der Waals surface area contributed by atoms with Gasteiger partial charge in [-0.15, -0.1) is 11.3 Å². The van der Waals surface area contributed by atoms with E-state index in [1.165, 1.54) is 11.3 Å². The van der Waals surface area contributed by atoms with E-state index in [4.69, 9.17) is 5.26 Å². The van der Waals surface area contributed by atoms with Crippen molar-refractivity contribution in [3.63, 3.8) is 0 Å². The number of rotatable bonds is 5. The van der Waals surface area contributed by atoms with E-state index in [1.807, 2.05) is 31.2 Å². The molecule has 3 aromatic rings. The van der Waals surface area contributed by atoms with E-state index in [0.29, 0.717) is 45.9 Å². The molecule has 138 valence electrons. The molecule has 2 heterocycles. The lowest BCUT2D eigenvalue weighted by molar-refractivity contribution is 0.103. The molecule has 3 rings (SSSR count). The van der Waals surface area contributed by atoms with Gasteiger partial charge in [-0.05, 0) is 44.4 Å². The van der Waals surface area contributed by atoms with Crippen LogP contribution >= 0.6 is 11.3 Å². The summed E-state index contributed by atoms with van der Waals surface area (Å²) in [6.45, 7) is 5.93. The van der Waals surface area contributed by atoms with Crippen molar-refractivity contribution < 1.29 is 4.79 Å². The molecule has 0 bridgehead atoms. The molecule has 0 saturated heterocycles. The van der Waals surface area contributed by atoms with Gasteiger partial charge in [0.1, 0.15) is 10.7 Å². The van der Waals surface area contributed by atoms with Crippen molar-refractivity contribution in [3.05, 3.63) is 56.4 Å². The lowest BCUT2D eigenvalue weighted by atomic mass is 10.1. The number of nitriles is 1. The monoisotopic (exact) mass is 380 g/mol. The van der Waals surface area contributed by atoms with Gasteiger partial charge in [-0.3, -0.25) is 14.2 Å². The van der Waals surface area contributed by atoms with Crippen LogP contribution in [0.4, 0.5) is 5.69 Å². The standard InChI is InChI=1S/C20H20N4O2S/c1-12-8-4-5-9-15(12)23-18(25)17-13(2)16-19(27-17)22-14(3)24(20(16)26)11-7-6-10-21/h4-5,8-9H,6-7,11H2,1-3H3,(H,23,25). The molecule has 27 heavy (non-hydrogen) atoms. The highest BCUT2D eigenvalue weighted by atomic mass is 32.1. The molecule has 0 aliphatic carbocycles. The van der Waals surface area contributed by atoms with Gasteiger partial charge >= 0.3 is 0 Å². The van der Waals surface area contributed by atoms with Gasteiger partial charge in [0.05, 0.1) is 16.3 Å². The maximum atomic E-state index is 12.9. The molecule has 0 aliphatic rings. The highest BCUT2D eigenvalue weighted by Gasteiger charge is 2.21. The SMILES string of the molecule is Cc1ccccc1NC(=O)c1sc2nc(C)n(CCCC#N)c(=O)c2c1C. The minimum atomic E-state index is -0.238. The Hall–Kier alpha value is -2.98. The fourth-order valence-electron chi connectivity index (χ4n) is 3.01. The molecule has 0 aliphatic heterocycles. The van der Waals surface area contributed by atoms with Crippen molar-refractivity contribution in [2.45, 2.75) is 40.2 Å². The highest BCUT2D eigenvalue weighted by molar-refractivity contribution is 7.20. The van der Waals surface area contributed by atoms with Crippen molar-refractivity contribution in [2.75, 3.05) is 5.32 Å². The van der Waals surface area contributed by atoms with E-state index in [2.05, 4.69) is 16.4 Å². The third-order valence-corrected chi connectivity index (χ3v) is 5.70. The second-order valence-electron chi connectivity index (χ2n) is 6.38. The van der Waals surface area contributed by atoms with Crippen LogP contribution in [0, 0.1) is 32.1 Å². The van der Waals surface area contributed by atoms with E-state index in [9.17, 15) is 9.59 Å². The number of benzene rings is 1. The molecule has 1 aromatic carbocycles. The van der Waals surface area contributed by atoms with Gasteiger partial charge in [0.25, 0.3) is 11.5 Å². The van der Waals surface area contributed by atoms with Gasteiger partial charge in [-0.25, -0.2) is 4.98 Å². The maximum absolute atomic E-state index is 12.9. The Morgan fingerprint density at radius 1 is 1.30 bits per heavy atom. The molecule has 0 radical (unpaired) electrons. The number of nitrogens with zero attached hydrogens (tertiary/aromatic N) is 3. The molecule has 2 aromatic heterocycles. The Labute approximate surface area is 161 Å².